The van der Waals surface area contributed by atoms with Gasteiger partial charge in [0.25, 0.3) is 0 Å². The lowest BCUT2D eigenvalue weighted by Gasteiger charge is -2.07. The monoisotopic (exact) mass is 428 g/mol. The summed E-state index contributed by atoms with van der Waals surface area (Å²) in [4.78, 5) is 25.3. The maximum atomic E-state index is 12.1. The highest BCUT2D eigenvalue weighted by Crippen LogP contribution is 2.17. The van der Waals surface area contributed by atoms with E-state index in [0.29, 0.717) is 18.2 Å². The maximum Gasteiger partial charge on any atom is 0.343 e. The van der Waals surface area contributed by atoms with E-state index in [9.17, 15) is 9.59 Å². The molecule has 152 valence electrons. The fourth-order valence-electron chi connectivity index (χ4n) is 2.67. The largest absolute Gasteiger partial charge is 0.355 e. The molecule has 1 heterocycles. The smallest absolute Gasteiger partial charge is 0.343 e. The topological polar surface area (TPSA) is 79.8 Å². The molecule has 0 aliphatic heterocycles. The second kappa shape index (κ2) is 10.9. The number of thioether (sulfide) groups is 2. The van der Waals surface area contributed by atoms with Gasteiger partial charge in [-0.2, -0.15) is 0 Å². The van der Waals surface area contributed by atoms with E-state index in [4.69, 9.17) is 0 Å². The Bertz CT molecular complexity index is 968. The SMILES string of the molecule is Cc1ccc(SCCNC(=O)CSc2n[nH]c(=O)n2CCc2ccccc2)cc1. The van der Waals surface area contributed by atoms with Gasteiger partial charge in [0, 0.05) is 23.7 Å². The second-order valence-corrected chi connectivity index (χ2v) is 8.61. The first kappa shape index (κ1) is 21.3. The lowest BCUT2D eigenvalue weighted by molar-refractivity contribution is -0.118. The van der Waals surface area contributed by atoms with Crippen molar-refractivity contribution in [2.45, 2.75) is 29.9 Å². The van der Waals surface area contributed by atoms with E-state index in [2.05, 4.69) is 46.7 Å². The van der Waals surface area contributed by atoms with Gasteiger partial charge in [0.2, 0.25) is 5.91 Å². The van der Waals surface area contributed by atoms with Crippen molar-refractivity contribution in [2.24, 2.45) is 0 Å². The van der Waals surface area contributed by atoms with Gasteiger partial charge in [-0.3, -0.25) is 9.36 Å². The van der Waals surface area contributed by atoms with Crippen molar-refractivity contribution in [1.29, 1.82) is 0 Å². The van der Waals surface area contributed by atoms with Gasteiger partial charge in [-0.25, -0.2) is 9.89 Å². The first-order valence-electron chi connectivity index (χ1n) is 9.40. The summed E-state index contributed by atoms with van der Waals surface area (Å²) in [5.41, 5.74) is 2.14. The quantitative estimate of drug-likeness (QED) is 0.383. The standard InChI is InChI=1S/C21H24N4O2S2/c1-16-7-9-18(10-8-16)28-14-12-22-19(26)15-29-21-24-23-20(27)25(21)13-11-17-5-3-2-4-6-17/h2-10H,11-15H2,1H3,(H,22,26)(H,23,27). The number of aromatic nitrogens is 3. The Hall–Kier alpha value is -2.45. The van der Waals surface area contributed by atoms with Crippen LogP contribution in [-0.2, 0) is 17.8 Å². The number of carbonyl (C=O) groups is 1. The summed E-state index contributed by atoms with van der Waals surface area (Å²) in [5.74, 6) is 0.971. The Kier molecular flexibility index (Phi) is 8.01. The van der Waals surface area contributed by atoms with Gasteiger partial charge < -0.3 is 5.32 Å². The van der Waals surface area contributed by atoms with Crippen molar-refractivity contribution in [3.63, 3.8) is 0 Å². The Morgan fingerprint density at radius 2 is 1.86 bits per heavy atom. The normalized spacial score (nSPS) is 10.8. The number of nitrogens with one attached hydrogen (secondary N) is 2. The summed E-state index contributed by atoms with van der Waals surface area (Å²) >= 11 is 2.98. The molecule has 3 aromatic rings. The summed E-state index contributed by atoms with van der Waals surface area (Å²) in [6.45, 7) is 3.18. The molecular formula is C21H24N4O2S2. The van der Waals surface area contributed by atoms with Crippen LogP contribution in [0.3, 0.4) is 0 Å². The molecule has 0 saturated carbocycles. The number of benzene rings is 2. The lowest BCUT2D eigenvalue weighted by atomic mass is 10.1. The fraction of sp³-hybridized carbons (Fsp3) is 0.286. The molecule has 6 nitrogen and oxygen atoms in total. The molecule has 2 aromatic carbocycles. The zero-order valence-electron chi connectivity index (χ0n) is 16.3. The molecular weight excluding hydrogens is 404 g/mol. The number of nitrogens with zero attached hydrogens (tertiary/aromatic N) is 2. The molecule has 0 saturated heterocycles. The number of hydrogen-bond acceptors (Lipinski definition) is 5. The number of aryl methyl sites for hydroxylation is 2. The third-order valence-corrected chi connectivity index (χ3v) is 6.23. The minimum absolute atomic E-state index is 0.0652. The molecule has 1 amide bonds. The molecule has 0 aliphatic carbocycles. The van der Waals surface area contributed by atoms with Gasteiger partial charge >= 0.3 is 5.69 Å². The summed E-state index contributed by atoms with van der Waals surface area (Å²) in [6.07, 6.45) is 0.732. The molecule has 0 fully saturated rings. The van der Waals surface area contributed by atoms with Crippen molar-refractivity contribution >= 4 is 29.4 Å². The number of carbonyl (C=O) groups excluding carboxylic acids is 1. The van der Waals surface area contributed by atoms with Crippen LogP contribution in [0.15, 0.2) is 69.4 Å². The minimum Gasteiger partial charge on any atom is -0.355 e. The maximum absolute atomic E-state index is 12.1. The van der Waals surface area contributed by atoms with Crippen LogP contribution >= 0.6 is 23.5 Å². The Labute approximate surface area is 178 Å². The number of H-pyrrole nitrogens is 1. The summed E-state index contributed by atoms with van der Waals surface area (Å²) < 4.78 is 1.58. The van der Waals surface area contributed by atoms with Crippen molar-refractivity contribution in [3.05, 3.63) is 76.2 Å². The van der Waals surface area contributed by atoms with Gasteiger partial charge in [-0.1, -0.05) is 59.8 Å². The average molecular weight is 429 g/mol. The fourth-order valence-corrected chi connectivity index (χ4v) is 4.24. The van der Waals surface area contributed by atoms with Crippen LogP contribution in [-0.4, -0.2) is 38.7 Å². The van der Waals surface area contributed by atoms with Crippen LogP contribution in [0.25, 0.3) is 0 Å². The minimum atomic E-state index is -0.252. The molecule has 2 N–H and O–H groups in total. The first-order chi connectivity index (χ1) is 14.1. The molecule has 0 spiro atoms. The Morgan fingerprint density at radius 1 is 1.10 bits per heavy atom. The third kappa shape index (κ3) is 6.83. The van der Waals surface area contributed by atoms with Crippen molar-refractivity contribution < 1.29 is 4.79 Å². The van der Waals surface area contributed by atoms with Gasteiger partial charge in [0.05, 0.1) is 5.75 Å². The zero-order chi connectivity index (χ0) is 20.5. The molecule has 8 heteroatoms. The molecule has 0 unspecified atom stereocenters. The highest BCUT2D eigenvalue weighted by Gasteiger charge is 2.11. The second-order valence-electron chi connectivity index (χ2n) is 6.50. The summed E-state index contributed by atoms with van der Waals surface area (Å²) in [7, 11) is 0. The number of rotatable bonds is 10. The average Bonchev–Trinajstić information content (AvgIpc) is 3.09. The van der Waals surface area contributed by atoms with E-state index in [-0.39, 0.29) is 17.3 Å². The molecule has 0 radical (unpaired) electrons. The van der Waals surface area contributed by atoms with E-state index in [1.165, 1.54) is 22.2 Å². The van der Waals surface area contributed by atoms with Gasteiger partial charge in [-0.05, 0) is 31.0 Å². The van der Waals surface area contributed by atoms with E-state index >= 15 is 0 Å². The molecule has 3 rings (SSSR count). The lowest BCUT2D eigenvalue weighted by Crippen LogP contribution is -2.27. The van der Waals surface area contributed by atoms with Crippen LogP contribution in [0.1, 0.15) is 11.1 Å². The summed E-state index contributed by atoms with van der Waals surface area (Å²) in [6, 6.07) is 18.3. The predicted octanol–water partition coefficient (Wildman–Crippen LogP) is 3.12. The highest BCUT2D eigenvalue weighted by molar-refractivity contribution is 7.99. The molecule has 0 aliphatic rings. The van der Waals surface area contributed by atoms with Gasteiger partial charge in [0.1, 0.15) is 0 Å². The third-order valence-electron chi connectivity index (χ3n) is 4.24. The molecule has 1 aromatic heterocycles. The van der Waals surface area contributed by atoms with E-state index < -0.39 is 0 Å². The molecule has 0 bridgehead atoms. The number of aromatic amines is 1. The first-order valence-corrected chi connectivity index (χ1v) is 11.4. The number of hydrogen-bond donors (Lipinski definition) is 2. The van der Waals surface area contributed by atoms with Crippen LogP contribution < -0.4 is 11.0 Å². The van der Waals surface area contributed by atoms with E-state index in [1.807, 2.05) is 30.3 Å². The van der Waals surface area contributed by atoms with Crippen molar-refractivity contribution in [1.82, 2.24) is 20.1 Å². The highest BCUT2D eigenvalue weighted by atomic mass is 32.2. The molecule has 29 heavy (non-hydrogen) atoms. The summed E-state index contributed by atoms with van der Waals surface area (Å²) in [5, 5.41) is 9.97. The van der Waals surface area contributed by atoms with Crippen molar-refractivity contribution in [3.8, 4) is 0 Å². The molecule has 0 atom stereocenters. The van der Waals surface area contributed by atoms with Gasteiger partial charge in [0.15, 0.2) is 5.16 Å². The van der Waals surface area contributed by atoms with Crippen LogP contribution in [0, 0.1) is 6.92 Å². The van der Waals surface area contributed by atoms with E-state index in [0.717, 1.165) is 17.7 Å². The van der Waals surface area contributed by atoms with Crippen LogP contribution in [0.5, 0.6) is 0 Å². The van der Waals surface area contributed by atoms with Crippen LogP contribution in [0.4, 0.5) is 0 Å². The van der Waals surface area contributed by atoms with E-state index in [1.54, 1.807) is 16.3 Å². The Morgan fingerprint density at radius 3 is 2.62 bits per heavy atom. The number of amides is 1. The Balaban J connectivity index is 1.40. The van der Waals surface area contributed by atoms with Gasteiger partial charge in [-0.15, -0.1) is 16.9 Å². The van der Waals surface area contributed by atoms with Crippen molar-refractivity contribution in [2.75, 3.05) is 18.1 Å². The predicted molar refractivity (Wildman–Crippen MR) is 119 cm³/mol. The zero-order valence-corrected chi connectivity index (χ0v) is 17.9. The van der Waals surface area contributed by atoms with Crippen LogP contribution in [0.2, 0.25) is 0 Å².